The third-order valence-electron chi connectivity index (χ3n) is 4.69. The molecule has 1 aromatic carbocycles. The van der Waals surface area contributed by atoms with Crippen molar-refractivity contribution in [1.29, 1.82) is 0 Å². The van der Waals surface area contributed by atoms with Crippen molar-refractivity contribution in [3.05, 3.63) is 42.6 Å². The zero-order valence-electron chi connectivity index (χ0n) is 14.3. The van der Waals surface area contributed by atoms with Crippen molar-refractivity contribution in [2.75, 3.05) is 7.11 Å². The molecule has 3 rings (SSSR count). The zero-order valence-corrected chi connectivity index (χ0v) is 14.3. The Morgan fingerprint density at radius 1 is 0.957 bits per heavy atom. The summed E-state index contributed by atoms with van der Waals surface area (Å²) in [5.74, 6) is 0.600. The molecular weight excluding hydrogens is 289 g/mol. The van der Waals surface area contributed by atoms with Crippen molar-refractivity contribution in [2.24, 2.45) is 0 Å². The van der Waals surface area contributed by atoms with Crippen molar-refractivity contribution >= 4 is 12.6 Å². The van der Waals surface area contributed by atoms with E-state index in [9.17, 15) is 0 Å². The van der Waals surface area contributed by atoms with Crippen LogP contribution in [0.2, 0.25) is 0 Å². The van der Waals surface area contributed by atoms with E-state index in [0.717, 1.165) is 16.6 Å². The van der Waals surface area contributed by atoms with Gasteiger partial charge in [-0.1, -0.05) is 24.3 Å². The van der Waals surface area contributed by atoms with E-state index in [2.05, 4.69) is 44.8 Å². The lowest BCUT2D eigenvalue weighted by Gasteiger charge is -2.32. The molecule has 1 aliphatic rings. The lowest BCUT2D eigenvalue weighted by Crippen LogP contribution is -2.41. The van der Waals surface area contributed by atoms with E-state index in [0.29, 0.717) is 5.88 Å². The summed E-state index contributed by atoms with van der Waals surface area (Å²) in [5.41, 5.74) is 2.46. The quantitative estimate of drug-likeness (QED) is 0.817. The Balaban J connectivity index is 1.92. The number of pyridine rings is 1. The van der Waals surface area contributed by atoms with Crippen LogP contribution in [0.4, 0.5) is 0 Å². The van der Waals surface area contributed by atoms with Gasteiger partial charge in [0.25, 0.3) is 0 Å². The molecule has 1 aliphatic heterocycles. The first kappa shape index (κ1) is 16.0. The lowest BCUT2D eigenvalue weighted by molar-refractivity contribution is 0.00578. The molecule has 2 heterocycles. The van der Waals surface area contributed by atoms with Gasteiger partial charge in [0, 0.05) is 12.3 Å². The topological polar surface area (TPSA) is 40.6 Å². The normalized spacial score (nSPS) is 18.9. The van der Waals surface area contributed by atoms with Crippen LogP contribution in [0.25, 0.3) is 11.1 Å². The molecule has 1 fully saturated rings. The molecule has 1 aromatic heterocycles. The van der Waals surface area contributed by atoms with Crippen LogP contribution in [-0.2, 0) is 9.31 Å². The van der Waals surface area contributed by atoms with Crippen molar-refractivity contribution in [2.45, 2.75) is 38.9 Å². The fourth-order valence-corrected chi connectivity index (χ4v) is 2.54. The summed E-state index contributed by atoms with van der Waals surface area (Å²) < 4.78 is 17.5. The number of hydrogen-bond acceptors (Lipinski definition) is 4. The minimum absolute atomic E-state index is 0.340. The predicted molar refractivity (Wildman–Crippen MR) is 91.9 cm³/mol. The van der Waals surface area contributed by atoms with E-state index < -0.39 is 0 Å². The van der Waals surface area contributed by atoms with Crippen LogP contribution < -0.4 is 10.2 Å². The maximum atomic E-state index is 6.13. The van der Waals surface area contributed by atoms with Gasteiger partial charge in [-0.2, -0.15) is 0 Å². The van der Waals surface area contributed by atoms with Crippen molar-refractivity contribution in [1.82, 2.24) is 4.98 Å². The van der Waals surface area contributed by atoms with Crippen molar-refractivity contribution in [3.63, 3.8) is 0 Å². The summed E-state index contributed by atoms with van der Waals surface area (Å²) in [5, 5.41) is 0. The number of aromatic nitrogens is 1. The van der Waals surface area contributed by atoms with Gasteiger partial charge in [-0.15, -0.1) is 0 Å². The van der Waals surface area contributed by atoms with Crippen LogP contribution in [0.15, 0.2) is 42.6 Å². The summed E-state index contributed by atoms with van der Waals surface area (Å²) >= 11 is 0. The van der Waals surface area contributed by atoms with Gasteiger partial charge in [0.2, 0.25) is 5.88 Å². The van der Waals surface area contributed by atoms with Crippen LogP contribution in [0.3, 0.4) is 0 Å². The highest BCUT2D eigenvalue weighted by molar-refractivity contribution is 6.62. The van der Waals surface area contributed by atoms with Crippen molar-refractivity contribution in [3.8, 4) is 17.0 Å². The van der Waals surface area contributed by atoms with Gasteiger partial charge in [0.05, 0.1) is 18.3 Å². The van der Waals surface area contributed by atoms with E-state index in [1.807, 2.05) is 24.3 Å². The first-order valence-electron chi connectivity index (χ1n) is 7.78. The second kappa shape index (κ2) is 5.66. The Labute approximate surface area is 137 Å². The zero-order chi connectivity index (χ0) is 16.7. The first-order chi connectivity index (χ1) is 10.8. The van der Waals surface area contributed by atoms with Gasteiger partial charge >= 0.3 is 7.12 Å². The molecule has 0 unspecified atom stereocenters. The molecule has 0 N–H and O–H groups in total. The molecule has 0 saturated carbocycles. The average Bonchev–Trinajstić information content (AvgIpc) is 2.76. The summed E-state index contributed by atoms with van der Waals surface area (Å²) in [6.45, 7) is 8.24. The SMILES string of the molecule is COc1cc(-c2cccc(B3OC(C)(C)C(C)(C)O3)c2)ccn1. The van der Waals surface area contributed by atoms with E-state index >= 15 is 0 Å². The standard InChI is InChI=1S/C18H22BNO3/c1-17(2)18(3,4)23-19(22-17)15-8-6-7-13(11-15)14-9-10-20-16(12-14)21-5/h6-12H,1-5H3. The molecule has 0 atom stereocenters. The molecule has 120 valence electrons. The maximum absolute atomic E-state index is 6.13. The largest absolute Gasteiger partial charge is 0.494 e. The number of hydrogen-bond donors (Lipinski definition) is 0. The molecule has 4 nitrogen and oxygen atoms in total. The van der Waals surface area contributed by atoms with E-state index in [1.54, 1.807) is 13.3 Å². The van der Waals surface area contributed by atoms with Crippen molar-refractivity contribution < 1.29 is 14.0 Å². The highest BCUT2D eigenvalue weighted by atomic mass is 16.7. The smallest absolute Gasteiger partial charge is 0.481 e. The highest BCUT2D eigenvalue weighted by Gasteiger charge is 2.51. The van der Waals surface area contributed by atoms with E-state index in [1.165, 1.54) is 0 Å². The van der Waals surface area contributed by atoms with Gasteiger partial charge < -0.3 is 14.0 Å². The number of nitrogens with zero attached hydrogens (tertiary/aromatic N) is 1. The predicted octanol–water partition coefficient (Wildman–Crippen LogP) is 3.06. The third-order valence-corrected chi connectivity index (χ3v) is 4.69. The molecule has 1 saturated heterocycles. The molecular formula is C18H22BNO3. The van der Waals surface area contributed by atoms with Crippen LogP contribution >= 0.6 is 0 Å². The fraction of sp³-hybridized carbons (Fsp3) is 0.389. The Morgan fingerprint density at radius 3 is 2.26 bits per heavy atom. The average molecular weight is 311 g/mol. The number of benzene rings is 1. The minimum atomic E-state index is -0.358. The molecule has 0 radical (unpaired) electrons. The molecule has 5 heteroatoms. The highest BCUT2D eigenvalue weighted by Crippen LogP contribution is 2.36. The Bertz CT molecular complexity index is 699. The van der Waals surface area contributed by atoms with Crippen LogP contribution in [0.1, 0.15) is 27.7 Å². The van der Waals surface area contributed by atoms with Gasteiger partial charge in [-0.3, -0.25) is 0 Å². The summed E-state index contributed by atoms with van der Waals surface area (Å²) in [6, 6.07) is 12.1. The van der Waals surface area contributed by atoms with Gasteiger partial charge in [-0.05, 0) is 50.4 Å². The number of rotatable bonds is 3. The van der Waals surface area contributed by atoms with Crippen LogP contribution in [0, 0.1) is 0 Å². The van der Waals surface area contributed by atoms with E-state index in [4.69, 9.17) is 14.0 Å². The monoisotopic (exact) mass is 311 g/mol. The van der Waals surface area contributed by atoms with Gasteiger partial charge in [0.1, 0.15) is 0 Å². The Morgan fingerprint density at radius 2 is 1.61 bits per heavy atom. The van der Waals surface area contributed by atoms with Gasteiger partial charge in [0.15, 0.2) is 0 Å². The van der Waals surface area contributed by atoms with E-state index in [-0.39, 0.29) is 18.3 Å². The summed E-state index contributed by atoms with van der Waals surface area (Å²) in [4.78, 5) is 4.15. The molecule has 0 spiro atoms. The molecule has 0 bridgehead atoms. The molecule has 23 heavy (non-hydrogen) atoms. The van der Waals surface area contributed by atoms with Crippen LogP contribution in [-0.4, -0.2) is 30.4 Å². The minimum Gasteiger partial charge on any atom is -0.481 e. The molecule has 0 aliphatic carbocycles. The molecule has 2 aromatic rings. The van der Waals surface area contributed by atoms with Crippen LogP contribution in [0.5, 0.6) is 5.88 Å². The Hall–Kier alpha value is -1.85. The number of methoxy groups -OCH3 is 1. The number of ether oxygens (including phenoxy) is 1. The summed E-state index contributed by atoms with van der Waals surface area (Å²) in [7, 11) is 1.26. The Kier molecular flexibility index (Phi) is 3.94. The fourth-order valence-electron chi connectivity index (χ4n) is 2.54. The third kappa shape index (κ3) is 2.99. The maximum Gasteiger partial charge on any atom is 0.494 e. The summed E-state index contributed by atoms with van der Waals surface area (Å²) in [6.07, 6.45) is 1.75. The lowest BCUT2D eigenvalue weighted by atomic mass is 9.78. The second-order valence-electron chi connectivity index (χ2n) is 6.80. The molecule has 0 amide bonds. The first-order valence-corrected chi connectivity index (χ1v) is 7.78. The van der Waals surface area contributed by atoms with Gasteiger partial charge in [-0.25, -0.2) is 4.98 Å². The second-order valence-corrected chi connectivity index (χ2v) is 6.80.